The van der Waals surface area contributed by atoms with Crippen LogP contribution in [0, 0.1) is 0 Å². The average Bonchev–Trinajstić information content (AvgIpc) is 2.04. The Hall–Kier alpha value is -0.705. The number of benzene rings is 1. The summed E-state index contributed by atoms with van der Waals surface area (Å²) in [5.41, 5.74) is 1.56. The minimum atomic E-state index is -1.37. The van der Waals surface area contributed by atoms with Gasteiger partial charge in [0.2, 0.25) is 0 Å². The maximum absolute atomic E-state index is 8.80. The topological polar surface area (TPSA) is 43.7 Å². The van der Waals surface area contributed by atoms with Crippen LogP contribution in [-0.2, 0) is 0 Å². The zero-order valence-electron chi connectivity index (χ0n) is 7.64. The maximum atomic E-state index is 8.80. The summed E-state index contributed by atoms with van der Waals surface area (Å²) in [4.78, 5) is 1.95. The van der Waals surface area contributed by atoms with Crippen LogP contribution in [0.2, 0.25) is 0 Å². The fourth-order valence-corrected chi connectivity index (χ4v) is 0.945. The highest BCUT2D eigenvalue weighted by molar-refractivity contribution is 6.58. The minimum absolute atomic E-state index is 0. The van der Waals surface area contributed by atoms with E-state index in [1.165, 1.54) is 0 Å². The van der Waals surface area contributed by atoms with Gasteiger partial charge in [0, 0.05) is 19.8 Å². The number of nitrogens with zero attached hydrogens (tertiary/aromatic N) is 1. The second-order valence-corrected chi connectivity index (χ2v) is 2.86. The lowest BCUT2D eigenvalue weighted by molar-refractivity contribution is 0.426. The van der Waals surface area contributed by atoms with E-state index in [1.54, 1.807) is 12.1 Å². The van der Waals surface area contributed by atoms with E-state index in [2.05, 4.69) is 0 Å². The Labute approximate surface area is 84.6 Å². The Morgan fingerprint density at radius 1 is 1.08 bits per heavy atom. The monoisotopic (exact) mass is 201 g/mol. The molecule has 13 heavy (non-hydrogen) atoms. The highest BCUT2D eigenvalue weighted by Gasteiger charge is 2.09. The Kier molecular flexibility index (Phi) is 4.84. The molecular weight excluding hydrogens is 188 g/mol. The van der Waals surface area contributed by atoms with Gasteiger partial charge in [-0.25, -0.2) is 0 Å². The van der Waals surface area contributed by atoms with Crippen LogP contribution in [0.1, 0.15) is 0 Å². The molecule has 0 fully saturated rings. The van der Waals surface area contributed by atoms with Crippen molar-refractivity contribution in [2.45, 2.75) is 0 Å². The first-order chi connectivity index (χ1) is 5.61. The molecule has 0 aromatic heterocycles. The molecule has 0 radical (unpaired) electrons. The van der Waals surface area contributed by atoms with Crippen LogP contribution >= 0.6 is 12.4 Å². The van der Waals surface area contributed by atoms with Crippen molar-refractivity contribution >= 4 is 30.7 Å². The Balaban J connectivity index is 0.00000144. The van der Waals surface area contributed by atoms with Crippen molar-refractivity contribution in [3.05, 3.63) is 24.3 Å². The van der Waals surface area contributed by atoms with Crippen LogP contribution in [-0.4, -0.2) is 31.3 Å². The van der Waals surface area contributed by atoms with E-state index >= 15 is 0 Å². The Bertz CT molecular complexity index is 224. The lowest BCUT2D eigenvalue weighted by atomic mass is 9.80. The number of hydrogen-bond donors (Lipinski definition) is 2. The summed E-state index contributed by atoms with van der Waals surface area (Å²) in [6, 6.07) is 7.07. The Morgan fingerprint density at radius 3 is 1.85 bits per heavy atom. The highest BCUT2D eigenvalue weighted by Crippen LogP contribution is 2.07. The first-order valence-electron chi connectivity index (χ1n) is 3.74. The predicted octanol–water partition coefficient (Wildman–Crippen LogP) is -0.146. The zero-order chi connectivity index (χ0) is 9.14. The molecule has 0 bridgehead atoms. The van der Waals surface area contributed by atoms with Gasteiger partial charge in [0.05, 0.1) is 0 Å². The summed E-state index contributed by atoms with van der Waals surface area (Å²) >= 11 is 0. The lowest BCUT2D eigenvalue weighted by Gasteiger charge is -2.12. The van der Waals surface area contributed by atoms with E-state index in [4.69, 9.17) is 10.0 Å². The lowest BCUT2D eigenvalue weighted by Crippen LogP contribution is -2.29. The third kappa shape index (κ3) is 3.26. The van der Waals surface area contributed by atoms with Crippen molar-refractivity contribution in [1.82, 2.24) is 0 Å². The molecular formula is C8H13BClNO2. The molecule has 0 atom stereocenters. The SMILES string of the molecule is CN(C)c1ccc(B(O)O)cc1.Cl. The summed E-state index contributed by atoms with van der Waals surface area (Å²) in [6.45, 7) is 0. The molecule has 5 heteroatoms. The third-order valence-electron chi connectivity index (χ3n) is 1.71. The third-order valence-corrected chi connectivity index (χ3v) is 1.71. The first kappa shape index (κ1) is 12.3. The molecule has 0 spiro atoms. The molecule has 0 aliphatic carbocycles. The standard InChI is InChI=1S/C8H12BNO2.ClH/c1-10(2)8-5-3-7(4-6-8)9(11)12;/h3-6,11-12H,1-2H3;1H. The van der Waals surface area contributed by atoms with Crippen LogP contribution in [0.3, 0.4) is 0 Å². The van der Waals surface area contributed by atoms with Crippen LogP contribution in [0.5, 0.6) is 0 Å². The summed E-state index contributed by atoms with van der Waals surface area (Å²) in [7, 11) is 2.50. The summed E-state index contributed by atoms with van der Waals surface area (Å²) in [5, 5.41) is 17.6. The van der Waals surface area contributed by atoms with E-state index in [0.717, 1.165) is 5.69 Å². The number of rotatable bonds is 2. The molecule has 72 valence electrons. The Morgan fingerprint density at radius 2 is 1.54 bits per heavy atom. The van der Waals surface area contributed by atoms with Crippen molar-refractivity contribution in [2.75, 3.05) is 19.0 Å². The van der Waals surface area contributed by atoms with Gasteiger partial charge in [-0.2, -0.15) is 0 Å². The zero-order valence-corrected chi connectivity index (χ0v) is 8.45. The smallest absolute Gasteiger partial charge is 0.423 e. The normalized spacial score (nSPS) is 8.92. The molecule has 1 aromatic carbocycles. The molecule has 0 heterocycles. The second kappa shape index (κ2) is 5.12. The van der Waals surface area contributed by atoms with Gasteiger partial charge in [0.25, 0.3) is 0 Å². The molecule has 0 aliphatic heterocycles. The van der Waals surface area contributed by atoms with Crippen molar-refractivity contribution in [3.63, 3.8) is 0 Å². The molecule has 0 aliphatic rings. The van der Waals surface area contributed by atoms with E-state index in [-0.39, 0.29) is 12.4 Å². The fraction of sp³-hybridized carbons (Fsp3) is 0.250. The van der Waals surface area contributed by atoms with Crippen molar-refractivity contribution < 1.29 is 10.0 Å². The van der Waals surface area contributed by atoms with E-state index < -0.39 is 7.12 Å². The fourth-order valence-electron chi connectivity index (χ4n) is 0.945. The van der Waals surface area contributed by atoms with Crippen LogP contribution in [0.4, 0.5) is 5.69 Å². The molecule has 1 rings (SSSR count). The summed E-state index contributed by atoms with van der Waals surface area (Å²) < 4.78 is 0. The van der Waals surface area contributed by atoms with Crippen LogP contribution in [0.25, 0.3) is 0 Å². The van der Waals surface area contributed by atoms with E-state index in [0.29, 0.717) is 5.46 Å². The van der Waals surface area contributed by atoms with Gasteiger partial charge in [-0.3, -0.25) is 0 Å². The largest absolute Gasteiger partial charge is 0.488 e. The van der Waals surface area contributed by atoms with Gasteiger partial charge >= 0.3 is 7.12 Å². The molecule has 0 amide bonds. The van der Waals surface area contributed by atoms with Gasteiger partial charge in [-0.05, 0) is 17.6 Å². The van der Waals surface area contributed by atoms with Crippen molar-refractivity contribution in [1.29, 1.82) is 0 Å². The molecule has 1 aromatic rings. The summed E-state index contributed by atoms with van der Waals surface area (Å²) in [6.07, 6.45) is 0. The van der Waals surface area contributed by atoms with Gasteiger partial charge < -0.3 is 14.9 Å². The molecule has 2 N–H and O–H groups in total. The van der Waals surface area contributed by atoms with Crippen LogP contribution < -0.4 is 10.4 Å². The van der Waals surface area contributed by atoms with Gasteiger partial charge in [0.15, 0.2) is 0 Å². The quantitative estimate of drug-likeness (QED) is 0.655. The molecule has 0 unspecified atom stereocenters. The summed E-state index contributed by atoms with van der Waals surface area (Å²) in [5.74, 6) is 0. The molecule has 3 nitrogen and oxygen atoms in total. The number of hydrogen-bond acceptors (Lipinski definition) is 3. The van der Waals surface area contributed by atoms with E-state index in [1.807, 2.05) is 31.1 Å². The highest BCUT2D eigenvalue weighted by atomic mass is 35.5. The number of halogens is 1. The van der Waals surface area contributed by atoms with Gasteiger partial charge in [0.1, 0.15) is 0 Å². The molecule has 0 saturated heterocycles. The minimum Gasteiger partial charge on any atom is -0.423 e. The van der Waals surface area contributed by atoms with Crippen molar-refractivity contribution in [3.8, 4) is 0 Å². The average molecular weight is 201 g/mol. The maximum Gasteiger partial charge on any atom is 0.488 e. The number of anilines is 1. The van der Waals surface area contributed by atoms with Gasteiger partial charge in [-0.1, -0.05) is 12.1 Å². The molecule has 0 saturated carbocycles. The first-order valence-corrected chi connectivity index (χ1v) is 3.74. The van der Waals surface area contributed by atoms with Crippen molar-refractivity contribution in [2.24, 2.45) is 0 Å². The second-order valence-electron chi connectivity index (χ2n) is 2.86. The van der Waals surface area contributed by atoms with Gasteiger partial charge in [-0.15, -0.1) is 12.4 Å². The van der Waals surface area contributed by atoms with Crippen LogP contribution in [0.15, 0.2) is 24.3 Å². The van der Waals surface area contributed by atoms with E-state index in [9.17, 15) is 0 Å². The predicted molar refractivity (Wildman–Crippen MR) is 57.8 cm³/mol.